The number of hydrogen-bond acceptors (Lipinski definition) is 5. The molecule has 4 aromatic rings. The highest BCUT2D eigenvalue weighted by molar-refractivity contribution is 7.18. The van der Waals surface area contributed by atoms with Crippen LogP contribution in [-0.2, 0) is 12.6 Å². The lowest BCUT2D eigenvalue weighted by Gasteiger charge is -2.35. The number of nitrogens with one attached hydrogen (secondary N) is 1. The normalized spacial score (nSPS) is 16.5. The van der Waals surface area contributed by atoms with E-state index in [0.29, 0.717) is 41.4 Å². The number of rotatable bonds is 6. The molecule has 6 rings (SSSR count). The predicted octanol–water partition coefficient (Wildman–Crippen LogP) is 6.86. The van der Waals surface area contributed by atoms with Gasteiger partial charge in [0.15, 0.2) is 0 Å². The maximum Gasteiger partial charge on any atom is 0.416 e. The number of carbonyl (C=O) groups excluding carboxylic acids is 2. The van der Waals surface area contributed by atoms with Crippen LogP contribution in [0.5, 0.6) is 5.75 Å². The summed E-state index contributed by atoms with van der Waals surface area (Å²) in [5, 5.41) is 3.55. The van der Waals surface area contributed by atoms with Gasteiger partial charge in [-0.1, -0.05) is 48.5 Å². The fraction of sp³-hybridized carbons (Fsp3) is 0.281. The fourth-order valence-electron chi connectivity index (χ4n) is 5.56. The average molecular weight is 592 g/mol. The van der Waals surface area contributed by atoms with Gasteiger partial charge in [0.1, 0.15) is 16.5 Å². The number of benzene rings is 3. The Hall–Kier alpha value is -4.18. The largest absolute Gasteiger partial charge is 0.493 e. The Balaban J connectivity index is 1.30. The van der Waals surface area contributed by atoms with Gasteiger partial charge in [-0.2, -0.15) is 13.2 Å². The van der Waals surface area contributed by atoms with Crippen LogP contribution < -0.4 is 10.1 Å². The number of halogens is 3. The molecular weight excluding hydrogens is 563 g/mol. The Bertz CT molecular complexity index is 1620. The van der Waals surface area contributed by atoms with Crippen LogP contribution in [0.25, 0.3) is 21.0 Å². The zero-order valence-electron chi connectivity index (χ0n) is 22.6. The van der Waals surface area contributed by atoms with Gasteiger partial charge < -0.3 is 15.0 Å². The van der Waals surface area contributed by atoms with Crippen molar-refractivity contribution in [3.8, 4) is 26.8 Å². The Kier molecular flexibility index (Phi) is 7.72. The summed E-state index contributed by atoms with van der Waals surface area (Å²) < 4.78 is 46.3. The van der Waals surface area contributed by atoms with Crippen LogP contribution in [0, 0.1) is 0 Å². The van der Waals surface area contributed by atoms with Gasteiger partial charge in [0.05, 0.1) is 17.0 Å². The van der Waals surface area contributed by atoms with E-state index in [1.807, 2.05) is 36.4 Å². The second kappa shape index (κ2) is 11.6. The third kappa shape index (κ3) is 5.63. The van der Waals surface area contributed by atoms with E-state index in [9.17, 15) is 22.8 Å². The molecule has 2 aliphatic rings. The molecule has 1 saturated heterocycles. The lowest BCUT2D eigenvalue weighted by Crippen LogP contribution is -2.49. The molecule has 3 heterocycles. The summed E-state index contributed by atoms with van der Waals surface area (Å²) in [6.45, 7) is 1.26. The molecule has 0 aliphatic carbocycles. The van der Waals surface area contributed by atoms with Crippen molar-refractivity contribution < 1.29 is 27.5 Å². The van der Waals surface area contributed by atoms with Crippen LogP contribution in [0.2, 0.25) is 0 Å². The van der Waals surface area contributed by atoms with Gasteiger partial charge in [0.2, 0.25) is 0 Å². The monoisotopic (exact) mass is 591 g/mol. The number of ether oxygens (including phenoxy) is 1. The maximum absolute atomic E-state index is 14.1. The summed E-state index contributed by atoms with van der Waals surface area (Å²) in [6.07, 6.45) is -1.48. The topological polar surface area (TPSA) is 71.5 Å². The average Bonchev–Trinajstić information content (AvgIpc) is 3.68. The summed E-state index contributed by atoms with van der Waals surface area (Å²) in [5.74, 6) is 0.144. The first kappa shape index (κ1) is 28.0. The highest BCUT2D eigenvalue weighted by atomic mass is 32.1. The van der Waals surface area contributed by atoms with Crippen LogP contribution in [0.1, 0.15) is 51.2 Å². The molecule has 6 nitrogen and oxygen atoms in total. The van der Waals surface area contributed by atoms with Crippen LogP contribution in [0.4, 0.5) is 13.2 Å². The lowest BCUT2D eigenvalue weighted by atomic mass is 10.00. The molecule has 42 heavy (non-hydrogen) atoms. The van der Waals surface area contributed by atoms with Crippen molar-refractivity contribution in [2.24, 2.45) is 0 Å². The number of amides is 2. The number of carbonyl (C=O) groups is 2. The van der Waals surface area contributed by atoms with Gasteiger partial charge >= 0.3 is 6.18 Å². The molecule has 0 radical (unpaired) electrons. The summed E-state index contributed by atoms with van der Waals surface area (Å²) in [4.78, 5) is 34.0. The summed E-state index contributed by atoms with van der Waals surface area (Å²) in [7, 11) is 0. The first-order valence-corrected chi connectivity index (χ1v) is 14.7. The molecule has 0 bridgehead atoms. The maximum atomic E-state index is 14.1. The van der Waals surface area contributed by atoms with Crippen molar-refractivity contribution in [2.45, 2.75) is 37.9 Å². The Morgan fingerprint density at radius 2 is 1.79 bits per heavy atom. The molecule has 1 atom stereocenters. The highest BCUT2D eigenvalue weighted by Crippen LogP contribution is 2.39. The highest BCUT2D eigenvalue weighted by Gasteiger charge is 2.34. The molecule has 0 saturated carbocycles. The Morgan fingerprint density at radius 3 is 2.60 bits per heavy atom. The molecule has 216 valence electrons. The second-order valence-corrected chi connectivity index (χ2v) is 11.4. The molecule has 2 aliphatic heterocycles. The number of thiazole rings is 1. The van der Waals surface area contributed by atoms with E-state index in [2.05, 4.69) is 10.3 Å². The van der Waals surface area contributed by atoms with Crippen molar-refractivity contribution in [3.05, 3.63) is 95.2 Å². The van der Waals surface area contributed by atoms with E-state index in [4.69, 9.17) is 4.74 Å². The zero-order valence-corrected chi connectivity index (χ0v) is 23.4. The van der Waals surface area contributed by atoms with Crippen LogP contribution in [0.3, 0.4) is 0 Å². The molecular formula is C32H28F3N3O3S. The van der Waals surface area contributed by atoms with Gasteiger partial charge in [0, 0.05) is 42.2 Å². The number of nitrogens with zero attached hydrogens (tertiary/aromatic N) is 2. The standard InChI is InChI=1S/C32H28F3N3O3S/c33-32(34,35)22-11-6-10-21(18-22)28-27(37-30(42-28)20-8-2-1-3-9-20)31(40)38-16-5-4-12-23(38)19-36-29(39)25-13-7-14-26-24(25)15-17-41-26/h1-3,6-11,13-14,18,23H,4-5,12,15-17,19H2,(H,36,39)/t23-/m0/s1. The van der Waals surface area contributed by atoms with Gasteiger partial charge in [-0.25, -0.2) is 4.98 Å². The van der Waals surface area contributed by atoms with E-state index in [0.717, 1.165) is 41.9 Å². The number of piperidine rings is 1. The molecule has 2 amide bonds. The van der Waals surface area contributed by atoms with Crippen molar-refractivity contribution in [1.29, 1.82) is 0 Å². The van der Waals surface area contributed by atoms with Crippen molar-refractivity contribution >= 4 is 23.2 Å². The number of fused-ring (bicyclic) bond motifs is 1. The Morgan fingerprint density at radius 1 is 1.00 bits per heavy atom. The molecule has 1 N–H and O–H groups in total. The van der Waals surface area contributed by atoms with Crippen LogP contribution >= 0.6 is 11.3 Å². The van der Waals surface area contributed by atoms with Gasteiger partial charge in [-0.05, 0) is 49.1 Å². The summed E-state index contributed by atoms with van der Waals surface area (Å²) in [6, 6.07) is 19.4. The third-order valence-corrected chi connectivity index (χ3v) is 8.83. The number of hydrogen-bond donors (Lipinski definition) is 1. The molecule has 10 heteroatoms. The molecule has 1 fully saturated rings. The predicted molar refractivity (Wildman–Crippen MR) is 155 cm³/mol. The van der Waals surface area contributed by atoms with Crippen molar-refractivity contribution in [3.63, 3.8) is 0 Å². The SMILES string of the molecule is O=C(NC[C@@H]1CCCCN1C(=O)c1nc(-c2ccccc2)sc1-c1cccc(C(F)(F)F)c1)c1cccc2c1CCO2. The number of aromatic nitrogens is 1. The summed E-state index contributed by atoms with van der Waals surface area (Å²) in [5.41, 5.74) is 1.84. The van der Waals surface area contributed by atoms with E-state index in [-0.39, 0.29) is 35.7 Å². The molecule has 0 spiro atoms. The summed E-state index contributed by atoms with van der Waals surface area (Å²) >= 11 is 1.20. The van der Waals surface area contributed by atoms with Gasteiger partial charge in [0.25, 0.3) is 11.8 Å². The fourth-order valence-corrected chi connectivity index (χ4v) is 6.62. The lowest BCUT2D eigenvalue weighted by molar-refractivity contribution is -0.137. The zero-order chi connectivity index (χ0) is 29.3. The molecule has 0 unspecified atom stereocenters. The Labute approximate surface area is 245 Å². The third-order valence-electron chi connectivity index (χ3n) is 7.68. The first-order chi connectivity index (χ1) is 20.3. The first-order valence-electron chi connectivity index (χ1n) is 13.9. The van der Waals surface area contributed by atoms with E-state index in [1.165, 1.54) is 17.4 Å². The van der Waals surface area contributed by atoms with Crippen LogP contribution in [-0.4, -0.2) is 47.4 Å². The van der Waals surface area contributed by atoms with E-state index in [1.54, 1.807) is 23.1 Å². The second-order valence-electron chi connectivity index (χ2n) is 10.4. The number of alkyl halides is 3. The van der Waals surface area contributed by atoms with E-state index >= 15 is 0 Å². The van der Waals surface area contributed by atoms with E-state index < -0.39 is 11.7 Å². The number of likely N-dealkylation sites (tertiary alicyclic amines) is 1. The minimum absolute atomic E-state index is 0.120. The minimum Gasteiger partial charge on any atom is -0.493 e. The molecule has 3 aromatic carbocycles. The minimum atomic E-state index is -4.52. The quantitative estimate of drug-likeness (QED) is 0.266. The van der Waals surface area contributed by atoms with Crippen molar-refractivity contribution in [2.75, 3.05) is 19.7 Å². The van der Waals surface area contributed by atoms with Crippen molar-refractivity contribution in [1.82, 2.24) is 15.2 Å². The smallest absolute Gasteiger partial charge is 0.416 e. The van der Waals surface area contributed by atoms with Gasteiger partial charge in [-0.3, -0.25) is 9.59 Å². The van der Waals surface area contributed by atoms with Gasteiger partial charge in [-0.15, -0.1) is 11.3 Å². The van der Waals surface area contributed by atoms with Crippen LogP contribution in [0.15, 0.2) is 72.8 Å². The molecule has 1 aromatic heterocycles.